The van der Waals surface area contributed by atoms with Crippen molar-refractivity contribution in [2.45, 2.75) is 13.5 Å². The van der Waals surface area contributed by atoms with Gasteiger partial charge in [-0.2, -0.15) is 0 Å². The summed E-state index contributed by atoms with van der Waals surface area (Å²) in [7, 11) is 1.81. The minimum Gasteiger partial charge on any atom is -0.337 e. The van der Waals surface area contributed by atoms with Gasteiger partial charge in [0, 0.05) is 30.9 Å². The third-order valence-electron chi connectivity index (χ3n) is 4.15. The van der Waals surface area contributed by atoms with Gasteiger partial charge in [0.25, 0.3) is 5.91 Å². The molecule has 6 heteroatoms. The van der Waals surface area contributed by atoms with Crippen molar-refractivity contribution < 1.29 is 4.79 Å². The Balaban J connectivity index is 1.77. The summed E-state index contributed by atoms with van der Waals surface area (Å²) in [5, 5.41) is 8.55. The van der Waals surface area contributed by atoms with Gasteiger partial charge in [0.15, 0.2) is 0 Å². The molecule has 0 N–H and O–H groups in total. The predicted molar refractivity (Wildman–Crippen MR) is 85.1 cm³/mol. The van der Waals surface area contributed by atoms with Gasteiger partial charge in [-0.25, -0.2) is 4.68 Å². The van der Waals surface area contributed by atoms with E-state index in [1.54, 1.807) is 22.0 Å². The molecular formula is C17H15N5O. The lowest BCUT2D eigenvalue weighted by Gasteiger charge is -2.04. The lowest BCUT2D eigenvalue weighted by atomic mass is 10.0. The topological polar surface area (TPSA) is 63.9 Å². The average molecular weight is 305 g/mol. The van der Waals surface area contributed by atoms with Crippen molar-refractivity contribution in [2.24, 2.45) is 0 Å². The SMILES string of the molecule is Cc1c(-c2ccc3c(c2)CN(C)C3=O)nnn1-c1cccnc1. The predicted octanol–water partition coefficient (Wildman–Crippen LogP) is 2.22. The van der Waals surface area contributed by atoms with Crippen LogP contribution in [0.4, 0.5) is 0 Å². The molecular weight excluding hydrogens is 290 g/mol. The molecule has 0 bridgehead atoms. The number of benzene rings is 1. The van der Waals surface area contributed by atoms with Gasteiger partial charge in [-0.3, -0.25) is 9.78 Å². The largest absolute Gasteiger partial charge is 0.337 e. The van der Waals surface area contributed by atoms with E-state index in [4.69, 9.17) is 0 Å². The number of amides is 1. The molecule has 1 aliphatic heterocycles. The smallest absolute Gasteiger partial charge is 0.254 e. The van der Waals surface area contributed by atoms with Crippen LogP contribution in [0.25, 0.3) is 16.9 Å². The van der Waals surface area contributed by atoms with Crippen LogP contribution in [-0.2, 0) is 6.54 Å². The second-order valence-electron chi connectivity index (χ2n) is 5.68. The Hall–Kier alpha value is -3.02. The highest BCUT2D eigenvalue weighted by Gasteiger charge is 2.25. The van der Waals surface area contributed by atoms with Crippen molar-refractivity contribution in [3.63, 3.8) is 0 Å². The second-order valence-corrected chi connectivity index (χ2v) is 5.68. The first-order chi connectivity index (χ1) is 11.1. The highest BCUT2D eigenvalue weighted by atomic mass is 16.2. The molecule has 0 aliphatic carbocycles. The Morgan fingerprint density at radius 3 is 2.87 bits per heavy atom. The number of nitrogens with zero attached hydrogens (tertiary/aromatic N) is 5. The van der Waals surface area contributed by atoms with Crippen LogP contribution >= 0.6 is 0 Å². The normalized spacial score (nSPS) is 13.5. The number of aromatic nitrogens is 4. The number of pyridine rings is 1. The summed E-state index contributed by atoms with van der Waals surface area (Å²) in [5.41, 5.74) is 5.41. The van der Waals surface area contributed by atoms with Crippen LogP contribution in [-0.4, -0.2) is 37.8 Å². The molecule has 2 aromatic heterocycles. The zero-order valence-electron chi connectivity index (χ0n) is 12.9. The summed E-state index contributed by atoms with van der Waals surface area (Å²) in [4.78, 5) is 17.8. The van der Waals surface area contributed by atoms with E-state index in [-0.39, 0.29) is 5.91 Å². The number of carbonyl (C=O) groups excluding carboxylic acids is 1. The molecule has 1 aliphatic rings. The van der Waals surface area contributed by atoms with E-state index < -0.39 is 0 Å². The summed E-state index contributed by atoms with van der Waals surface area (Å²) >= 11 is 0. The Labute approximate surface area is 133 Å². The van der Waals surface area contributed by atoms with E-state index in [0.29, 0.717) is 6.54 Å². The number of rotatable bonds is 2. The fourth-order valence-corrected chi connectivity index (χ4v) is 2.93. The highest BCUT2D eigenvalue weighted by Crippen LogP contribution is 2.28. The van der Waals surface area contributed by atoms with Crippen LogP contribution in [0.3, 0.4) is 0 Å². The fraction of sp³-hybridized carbons (Fsp3) is 0.176. The van der Waals surface area contributed by atoms with Crippen molar-refractivity contribution in [2.75, 3.05) is 7.05 Å². The lowest BCUT2D eigenvalue weighted by molar-refractivity contribution is 0.0816. The molecule has 0 spiro atoms. The first-order valence-electron chi connectivity index (χ1n) is 7.36. The molecule has 0 fully saturated rings. The van der Waals surface area contributed by atoms with Crippen LogP contribution < -0.4 is 0 Å². The Morgan fingerprint density at radius 2 is 2.09 bits per heavy atom. The molecule has 0 radical (unpaired) electrons. The van der Waals surface area contributed by atoms with Crippen molar-refractivity contribution in [1.82, 2.24) is 24.9 Å². The molecule has 1 aromatic carbocycles. The zero-order chi connectivity index (χ0) is 16.0. The number of fused-ring (bicyclic) bond motifs is 1. The molecule has 0 unspecified atom stereocenters. The second kappa shape index (κ2) is 5.01. The van der Waals surface area contributed by atoms with Gasteiger partial charge in [-0.15, -0.1) is 5.10 Å². The molecule has 4 rings (SSSR count). The summed E-state index contributed by atoms with van der Waals surface area (Å²) in [6, 6.07) is 9.64. The molecule has 3 aromatic rings. The third kappa shape index (κ3) is 2.11. The molecule has 0 atom stereocenters. The van der Waals surface area contributed by atoms with Gasteiger partial charge in [0.1, 0.15) is 5.69 Å². The van der Waals surface area contributed by atoms with Crippen molar-refractivity contribution in [3.8, 4) is 16.9 Å². The van der Waals surface area contributed by atoms with Gasteiger partial charge < -0.3 is 4.90 Å². The van der Waals surface area contributed by atoms with Gasteiger partial charge >= 0.3 is 0 Å². The van der Waals surface area contributed by atoms with Crippen LogP contribution in [0.2, 0.25) is 0 Å². The summed E-state index contributed by atoms with van der Waals surface area (Å²) in [6.07, 6.45) is 3.48. The van der Waals surface area contributed by atoms with Crippen molar-refractivity contribution in [3.05, 3.63) is 59.5 Å². The molecule has 3 heterocycles. The number of carbonyl (C=O) groups is 1. The summed E-state index contributed by atoms with van der Waals surface area (Å²) in [5.74, 6) is 0.0716. The van der Waals surface area contributed by atoms with E-state index >= 15 is 0 Å². The first-order valence-corrected chi connectivity index (χ1v) is 7.36. The molecule has 6 nitrogen and oxygen atoms in total. The van der Waals surface area contributed by atoms with E-state index in [1.165, 1.54) is 0 Å². The molecule has 1 amide bonds. The van der Waals surface area contributed by atoms with E-state index in [1.807, 2.05) is 44.3 Å². The van der Waals surface area contributed by atoms with Gasteiger partial charge in [-0.1, -0.05) is 11.3 Å². The first kappa shape index (κ1) is 13.6. The van der Waals surface area contributed by atoms with Crippen molar-refractivity contribution in [1.29, 1.82) is 0 Å². The minimum absolute atomic E-state index is 0.0716. The zero-order valence-corrected chi connectivity index (χ0v) is 12.9. The summed E-state index contributed by atoms with van der Waals surface area (Å²) < 4.78 is 1.77. The standard InChI is InChI=1S/C17H15N5O/c1-11-16(19-20-22(11)14-4-3-7-18-9-14)12-5-6-15-13(8-12)10-21(2)17(15)23/h3-9H,10H2,1-2H3. The van der Waals surface area contributed by atoms with E-state index in [0.717, 1.165) is 33.8 Å². The molecule has 0 saturated heterocycles. The van der Waals surface area contributed by atoms with Gasteiger partial charge in [0.2, 0.25) is 0 Å². The Morgan fingerprint density at radius 1 is 1.22 bits per heavy atom. The van der Waals surface area contributed by atoms with Gasteiger partial charge in [0.05, 0.1) is 17.6 Å². The Kier molecular flexibility index (Phi) is 2.97. The maximum absolute atomic E-state index is 12.0. The highest BCUT2D eigenvalue weighted by molar-refractivity contribution is 5.98. The molecule has 0 saturated carbocycles. The van der Waals surface area contributed by atoms with Crippen LogP contribution in [0, 0.1) is 6.92 Å². The lowest BCUT2D eigenvalue weighted by Crippen LogP contribution is -2.17. The minimum atomic E-state index is 0.0716. The monoisotopic (exact) mass is 305 g/mol. The van der Waals surface area contributed by atoms with Crippen LogP contribution in [0.1, 0.15) is 21.6 Å². The van der Waals surface area contributed by atoms with E-state index in [2.05, 4.69) is 15.3 Å². The summed E-state index contributed by atoms with van der Waals surface area (Å²) in [6.45, 7) is 2.62. The van der Waals surface area contributed by atoms with Crippen molar-refractivity contribution >= 4 is 5.91 Å². The third-order valence-corrected chi connectivity index (χ3v) is 4.15. The van der Waals surface area contributed by atoms with Crippen LogP contribution in [0.15, 0.2) is 42.7 Å². The number of hydrogen-bond acceptors (Lipinski definition) is 4. The molecule has 114 valence electrons. The fourth-order valence-electron chi connectivity index (χ4n) is 2.93. The maximum atomic E-state index is 12.0. The van der Waals surface area contributed by atoms with E-state index in [9.17, 15) is 4.79 Å². The van der Waals surface area contributed by atoms with Gasteiger partial charge in [-0.05, 0) is 36.8 Å². The maximum Gasteiger partial charge on any atom is 0.254 e. The Bertz CT molecular complexity index is 901. The quantitative estimate of drug-likeness (QED) is 0.728. The number of hydrogen-bond donors (Lipinski definition) is 0. The average Bonchev–Trinajstić information content (AvgIpc) is 3.08. The van der Waals surface area contributed by atoms with Crippen LogP contribution in [0.5, 0.6) is 0 Å². The molecule has 23 heavy (non-hydrogen) atoms.